The minimum absolute atomic E-state index is 0. The Bertz CT molecular complexity index is 62.3. The van der Waals surface area contributed by atoms with Gasteiger partial charge in [-0.15, -0.1) is 0 Å². The van der Waals surface area contributed by atoms with Crippen LogP contribution in [-0.2, 0) is 4.79 Å². The molecule has 0 amide bonds. The molecule has 0 radical (unpaired) electrons. The first-order valence-electron chi connectivity index (χ1n) is 1.55. The van der Waals surface area contributed by atoms with Crippen LogP contribution in [0.1, 0.15) is 6.92 Å². The average molecular weight is 150 g/mol. The number of aliphatic hydroxyl groups excluding tert-OH is 1. The van der Waals surface area contributed by atoms with E-state index in [0.29, 0.717) is 0 Å². The standard InChI is InChI=1S/C3H6O3.Ca.H2O.2H/c1-2(4)3(5)6;;;;/h2,4H,1H3,(H,5,6);;1H2;;. The molecule has 0 saturated heterocycles. The van der Waals surface area contributed by atoms with Crippen molar-refractivity contribution >= 4 is 43.7 Å². The van der Waals surface area contributed by atoms with E-state index in [2.05, 4.69) is 0 Å². The number of hydrogen-bond donors (Lipinski definition) is 2. The molecule has 0 aliphatic rings. The summed E-state index contributed by atoms with van der Waals surface area (Å²) in [6.45, 7) is 1.20. The van der Waals surface area contributed by atoms with Gasteiger partial charge in [-0.25, -0.2) is 4.79 Å². The van der Waals surface area contributed by atoms with E-state index in [4.69, 9.17) is 10.2 Å². The Morgan fingerprint density at radius 1 is 1.62 bits per heavy atom. The van der Waals surface area contributed by atoms with Crippen molar-refractivity contribution < 1.29 is 20.5 Å². The van der Waals surface area contributed by atoms with E-state index in [1.54, 1.807) is 0 Å². The van der Waals surface area contributed by atoms with E-state index < -0.39 is 12.1 Å². The summed E-state index contributed by atoms with van der Waals surface area (Å²) in [5.41, 5.74) is 0. The van der Waals surface area contributed by atoms with Gasteiger partial charge in [-0.05, 0) is 6.92 Å². The van der Waals surface area contributed by atoms with Gasteiger partial charge in [-0.2, -0.15) is 0 Å². The van der Waals surface area contributed by atoms with Gasteiger partial charge in [0.05, 0.1) is 0 Å². The summed E-state index contributed by atoms with van der Waals surface area (Å²) in [7, 11) is 0. The number of hydrogen-bond acceptors (Lipinski definition) is 2. The Morgan fingerprint density at radius 2 is 1.75 bits per heavy atom. The number of carboxylic acid groups (broad SMARTS) is 1. The summed E-state index contributed by atoms with van der Waals surface area (Å²) in [4.78, 5) is 9.45. The van der Waals surface area contributed by atoms with Crippen LogP contribution in [0.3, 0.4) is 0 Å². The molecular formula is C3H10CaO4. The van der Waals surface area contributed by atoms with Crippen LogP contribution in [-0.4, -0.2) is 65.5 Å². The van der Waals surface area contributed by atoms with Crippen LogP contribution in [0.25, 0.3) is 0 Å². The molecule has 0 aromatic carbocycles. The molecule has 4 nitrogen and oxygen atoms in total. The molecule has 1 atom stereocenters. The molecule has 0 rings (SSSR count). The molecule has 48 valence electrons. The van der Waals surface area contributed by atoms with Gasteiger partial charge < -0.3 is 15.7 Å². The molecule has 0 aliphatic carbocycles. The third kappa shape index (κ3) is 9.82. The van der Waals surface area contributed by atoms with E-state index in [9.17, 15) is 4.79 Å². The van der Waals surface area contributed by atoms with Gasteiger partial charge in [0.1, 0.15) is 6.10 Å². The molecule has 0 aromatic rings. The van der Waals surface area contributed by atoms with Crippen LogP contribution < -0.4 is 0 Å². The number of carboxylic acids is 1. The Labute approximate surface area is 76.8 Å². The van der Waals surface area contributed by atoms with Crippen molar-refractivity contribution in [3.8, 4) is 0 Å². The SMILES string of the molecule is CC(O)C(=O)O.O.[CaH2]. The van der Waals surface area contributed by atoms with E-state index in [0.717, 1.165) is 0 Å². The average Bonchev–Trinajstić information content (AvgIpc) is 1.36. The third-order valence-corrected chi connectivity index (χ3v) is 0.357. The van der Waals surface area contributed by atoms with E-state index in [1.165, 1.54) is 6.92 Å². The number of aliphatic carboxylic acids is 1. The molecule has 5 heteroatoms. The summed E-state index contributed by atoms with van der Waals surface area (Å²) in [5, 5.41) is 15.8. The second-order valence-electron chi connectivity index (χ2n) is 1.01. The van der Waals surface area contributed by atoms with Crippen LogP contribution in [0.2, 0.25) is 0 Å². The first-order valence-corrected chi connectivity index (χ1v) is 1.55. The van der Waals surface area contributed by atoms with Crippen molar-refractivity contribution in [3.05, 3.63) is 0 Å². The van der Waals surface area contributed by atoms with E-state index >= 15 is 0 Å². The van der Waals surface area contributed by atoms with Crippen molar-refractivity contribution in [2.45, 2.75) is 13.0 Å². The number of aliphatic hydroxyl groups is 1. The first-order chi connectivity index (χ1) is 2.64. The Balaban J connectivity index is -0.000000125. The van der Waals surface area contributed by atoms with Crippen molar-refractivity contribution in [2.75, 3.05) is 0 Å². The topological polar surface area (TPSA) is 89.0 Å². The van der Waals surface area contributed by atoms with Crippen LogP contribution in [0.5, 0.6) is 0 Å². The number of rotatable bonds is 1. The van der Waals surface area contributed by atoms with Crippen molar-refractivity contribution in [1.29, 1.82) is 0 Å². The Hall–Kier alpha value is 0.650. The van der Waals surface area contributed by atoms with E-state index in [1.807, 2.05) is 0 Å². The normalized spacial score (nSPS) is 10.2. The fraction of sp³-hybridized carbons (Fsp3) is 0.667. The summed E-state index contributed by atoms with van der Waals surface area (Å²) >= 11 is 0. The van der Waals surface area contributed by atoms with Crippen LogP contribution in [0.4, 0.5) is 0 Å². The molecule has 0 fully saturated rings. The van der Waals surface area contributed by atoms with Crippen LogP contribution >= 0.6 is 0 Å². The molecular weight excluding hydrogens is 140 g/mol. The molecule has 0 spiro atoms. The van der Waals surface area contributed by atoms with Gasteiger partial charge in [-0.1, -0.05) is 0 Å². The quantitative estimate of drug-likeness (QED) is 0.412. The molecule has 1 unspecified atom stereocenters. The van der Waals surface area contributed by atoms with Crippen molar-refractivity contribution in [3.63, 3.8) is 0 Å². The molecule has 4 N–H and O–H groups in total. The minimum atomic E-state index is -1.23. The second-order valence-corrected chi connectivity index (χ2v) is 1.01. The van der Waals surface area contributed by atoms with Crippen molar-refractivity contribution in [1.82, 2.24) is 0 Å². The predicted octanol–water partition coefficient (Wildman–Crippen LogP) is -2.29. The van der Waals surface area contributed by atoms with Gasteiger partial charge >= 0.3 is 43.7 Å². The van der Waals surface area contributed by atoms with Gasteiger partial charge in [0, 0.05) is 0 Å². The zero-order valence-electron chi connectivity index (χ0n) is 3.88. The summed E-state index contributed by atoms with van der Waals surface area (Å²) in [6, 6.07) is 0. The molecule has 0 aliphatic heterocycles. The van der Waals surface area contributed by atoms with Crippen molar-refractivity contribution in [2.24, 2.45) is 0 Å². The summed E-state index contributed by atoms with van der Waals surface area (Å²) in [6.07, 6.45) is -1.23. The van der Waals surface area contributed by atoms with E-state index in [-0.39, 0.29) is 43.2 Å². The molecule has 0 heterocycles. The molecule has 0 bridgehead atoms. The monoisotopic (exact) mass is 150 g/mol. The van der Waals surface area contributed by atoms with Crippen LogP contribution in [0.15, 0.2) is 0 Å². The van der Waals surface area contributed by atoms with Gasteiger partial charge in [0.25, 0.3) is 0 Å². The Kier molecular flexibility index (Phi) is 15.2. The number of carbonyl (C=O) groups is 1. The van der Waals surface area contributed by atoms with Gasteiger partial charge in [-0.3, -0.25) is 0 Å². The summed E-state index contributed by atoms with van der Waals surface area (Å²) in [5.74, 6) is -1.19. The maximum absolute atomic E-state index is 9.45. The maximum atomic E-state index is 9.45. The molecule has 8 heavy (non-hydrogen) atoms. The van der Waals surface area contributed by atoms with Gasteiger partial charge in [0.2, 0.25) is 0 Å². The molecule has 0 aromatic heterocycles. The fourth-order valence-electron chi connectivity index (χ4n) is 0. The summed E-state index contributed by atoms with van der Waals surface area (Å²) < 4.78 is 0. The first kappa shape index (κ1) is 15.9. The molecule has 0 saturated carbocycles. The second kappa shape index (κ2) is 7.65. The van der Waals surface area contributed by atoms with Gasteiger partial charge in [0.15, 0.2) is 0 Å². The predicted molar refractivity (Wildman–Crippen MR) is 31.5 cm³/mol. The third-order valence-electron chi connectivity index (χ3n) is 0.357. The zero-order chi connectivity index (χ0) is 5.15. The zero-order valence-corrected chi connectivity index (χ0v) is 3.88. The van der Waals surface area contributed by atoms with Crippen LogP contribution in [0, 0.1) is 0 Å². The fourth-order valence-corrected chi connectivity index (χ4v) is 0. The Morgan fingerprint density at radius 3 is 1.75 bits per heavy atom.